The molecule has 3 heteroatoms. The summed E-state index contributed by atoms with van der Waals surface area (Å²) in [5, 5.41) is 3.40. The van der Waals surface area contributed by atoms with Crippen LogP contribution >= 0.6 is 0 Å². The second-order valence-electron chi connectivity index (χ2n) is 5.35. The number of hydrogen-bond donors (Lipinski definition) is 2. The highest BCUT2D eigenvalue weighted by Crippen LogP contribution is 2.30. The molecule has 1 aliphatic rings. The quantitative estimate of drug-likeness (QED) is 0.843. The average molecular weight is 233 g/mol. The van der Waals surface area contributed by atoms with Crippen molar-refractivity contribution in [1.82, 2.24) is 4.98 Å². The zero-order valence-electron chi connectivity index (χ0n) is 10.9. The predicted molar refractivity (Wildman–Crippen MR) is 73.0 cm³/mol. The fourth-order valence-corrected chi connectivity index (χ4v) is 2.66. The van der Waals surface area contributed by atoms with Crippen molar-refractivity contribution in [2.75, 3.05) is 17.6 Å². The van der Waals surface area contributed by atoms with Crippen molar-refractivity contribution in [3.8, 4) is 0 Å². The lowest BCUT2D eigenvalue weighted by molar-refractivity contribution is 0.268. The molecule has 0 aliphatic heterocycles. The van der Waals surface area contributed by atoms with Crippen LogP contribution in [0.15, 0.2) is 12.3 Å². The van der Waals surface area contributed by atoms with E-state index in [4.69, 9.17) is 5.73 Å². The first kappa shape index (κ1) is 12.2. The van der Waals surface area contributed by atoms with Gasteiger partial charge in [-0.3, -0.25) is 0 Å². The fraction of sp³-hybridized carbons (Fsp3) is 0.643. The molecule has 3 nitrogen and oxygen atoms in total. The maximum absolute atomic E-state index is 5.95. The van der Waals surface area contributed by atoms with Gasteiger partial charge < -0.3 is 11.1 Å². The van der Waals surface area contributed by atoms with Crippen LogP contribution in [0.25, 0.3) is 0 Å². The van der Waals surface area contributed by atoms with Gasteiger partial charge in [-0.1, -0.05) is 26.2 Å². The normalized spacial score (nSPS) is 24.6. The van der Waals surface area contributed by atoms with E-state index in [2.05, 4.69) is 17.2 Å². The molecule has 17 heavy (non-hydrogen) atoms. The topological polar surface area (TPSA) is 50.9 Å². The molecular weight excluding hydrogens is 210 g/mol. The van der Waals surface area contributed by atoms with Crippen molar-refractivity contribution in [3.05, 3.63) is 17.8 Å². The summed E-state index contributed by atoms with van der Waals surface area (Å²) in [6, 6.07) is 1.97. The lowest BCUT2D eigenvalue weighted by Gasteiger charge is -2.29. The Morgan fingerprint density at radius 2 is 2.18 bits per heavy atom. The van der Waals surface area contributed by atoms with Gasteiger partial charge in [0.25, 0.3) is 0 Å². The Morgan fingerprint density at radius 3 is 2.88 bits per heavy atom. The van der Waals surface area contributed by atoms with E-state index in [1.54, 1.807) is 0 Å². The molecule has 1 saturated carbocycles. The second kappa shape index (κ2) is 5.39. The number of nitrogens with one attached hydrogen (secondary N) is 1. The Bertz CT molecular complexity index is 376. The predicted octanol–water partition coefficient (Wildman–Crippen LogP) is 3.21. The van der Waals surface area contributed by atoms with E-state index in [-0.39, 0.29) is 0 Å². The lowest BCUT2D eigenvalue weighted by atomic mass is 9.80. The SMILES string of the molecule is Cc1cnc(NCC2CCCCC2C)c(N)c1. The number of hydrogen-bond acceptors (Lipinski definition) is 3. The molecule has 1 heterocycles. The van der Waals surface area contributed by atoms with Crippen LogP contribution in [0.3, 0.4) is 0 Å². The van der Waals surface area contributed by atoms with E-state index in [9.17, 15) is 0 Å². The molecule has 0 spiro atoms. The number of nitrogens with zero attached hydrogens (tertiary/aromatic N) is 1. The second-order valence-corrected chi connectivity index (χ2v) is 5.35. The molecule has 2 atom stereocenters. The molecule has 0 amide bonds. The van der Waals surface area contributed by atoms with Crippen molar-refractivity contribution in [2.45, 2.75) is 39.5 Å². The molecule has 1 aromatic rings. The van der Waals surface area contributed by atoms with Gasteiger partial charge in [-0.25, -0.2) is 4.98 Å². The van der Waals surface area contributed by atoms with Crippen molar-refractivity contribution in [2.24, 2.45) is 11.8 Å². The summed E-state index contributed by atoms with van der Waals surface area (Å²) in [7, 11) is 0. The third-order valence-electron chi connectivity index (χ3n) is 3.87. The maximum atomic E-state index is 5.95. The van der Waals surface area contributed by atoms with Crippen LogP contribution in [-0.4, -0.2) is 11.5 Å². The van der Waals surface area contributed by atoms with Gasteiger partial charge in [0.1, 0.15) is 5.82 Å². The van der Waals surface area contributed by atoms with E-state index in [1.165, 1.54) is 25.7 Å². The molecule has 3 N–H and O–H groups in total. The van der Waals surface area contributed by atoms with Gasteiger partial charge in [0.2, 0.25) is 0 Å². The average Bonchev–Trinajstić information content (AvgIpc) is 2.30. The van der Waals surface area contributed by atoms with Gasteiger partial charge in [-0.15, -0.1) is 0 Å². The maximum Gasteiger partial charge on any atom is 0.149 e. The van der Waals surface area contributed by atoms with Crippen LogP contribution in [-0.2, 0) is 0 Å². The zero-order valence-corrected chi connectivity index (χ0v) is 10.9. The Kier molecular flexibility index (Phi) is 3.87. The summed E-state index contributed by atoms with van der Waals surface area (Å²) in [6.07, 6.45) is 7.32. The van der Waals surface area contributed by atoms with E-state index >= 15 is 0 Å². The van der Waals surface area contributed by atoms with E-state index in [0.717, 1.165) is 35.4 Å². The summed E-state index contributed by atoms with van der Waals surface area (Å²) in [4.78, 5) is 4.35. The number of aromatic nitrogens is 1. The smallest absolute Gasteiger partial charge is 0.149 e. The first-order chi connectivity index (χ1) is 8.16. The molecule has 0 saturated heterocycles. The molecule has 94 valence electrons. The van der Waals surface area contributed by atoms with Crippen LogP contribution in [0.5, 0.6) is 0 Å². The summed E-state index contributed by atoms with van der Waals surface area (Å²) in [6.45, 7) is 5.37. The monoisotopic (exact) mass is 233 g/mol. The summed E-state index contributed by atoms with van der Waals surface area (Å²) in [5.41, 5.74) is 7.81. The first-order valence-corrected chi connectivity index (χ1v) is 6.63. The highest BCUT2D eigenvalue weighted by atomic mass is 15.0. The van der Waals surface area contributed by atoms with Crippen molar-refractivity contribution in [3.63, 3.8) is 0 Å². The highest BCUT2D eigenvalue weighted by molar-refractivity contribution is 5.61. The molecule has 0 radical (unpaired) electrons. The third kappa shape index (κ3) is 3.11. The number of aryl methyl sites for hydroxylation is 1. The van der Waals surface area contributed by atoms with Crippen molar-refractivity contribution in [1.29, 1.82) is 0 Å². The van der Waals surface area contributed by atoms with Gasteiger partial charge >= 0.3 is 0 Å². The molecule has 0 bridgehead atoms. The Balaban J connectivity index is 1.92. The minimum absolute atomic E-state index is 0.758. The third-order valence-corrected chi connectivity index (χ3v) is 3.87. The minimum atomic E-state index is 0.758. The molecule has 1 fully saturated rings. The minimum Gasteiger partial charge on any atom is -0.396 e. The zero-order chi connectivity index (χ0) is 12.3. The molecular formula is C14H23N3. The van der Waals surface area contributed by atoms with Gasteiger partial charge in [0.05, 0.1) is 5.69 Å². The first-order valence-electron chi connectivity index (χ1n) is 6.63. The number of nitrogen functional groups attached to an aromatic ring is 1. The Labute approximate surface area is 104 Å². The molecule has 1 aliphatic carbocycles. The largest absolute Gasteiger partial charge is 0.396 e. The fourth-order valence-electron chi connectivity index (χ4n) is 2.66. The highest BCUT2D eigenvalue weighted by Gasteiger charge is 2.21. The van der Waals surface area contributed by atoms with E-state index in [1.807, 2.05) is 19.2 Å². The van der Waals surface area contributed by atoms with Gasteiger partial charge in [-0.2, -0.15) is 0 Å². The lowest BCUT2D eigenvalue weighted by Crippen LogP contribution is -2.24. The van der Waals surface area contributed by atoms with Gasteiger partial charge in [0, 0.05) is 12.7 Å². The van der Waals surface area contributed by atoms with Crippen LogP contribution in [0.4, 0.5) is 11.5 Å². The van der Waals surface area contributed by atoms with Crippen LogP contribution in [0, 0.1) is 18.8 Å². The summed E-state index contributed by atoms with van der Waals surface area (Å²) in [5.74, 6) is 2.43. The van der Waals surface area contributed by atoms with Gasteiger partial charge in [-0.05, 0) is 36.8 Å². The van der Waals surface area contributed by atoms with Crippen LogP contribution in [0.1, 0.15) is 38.2 Å². The number of pyridine rings is 1. The molecule has 0 aromatic carbocycles. The van der Waals surface area contributed by atoms with Gasteiger partial charge in [0.15, 0.2) is 0 Å². The Hall–Kier alpha value is -1.25. The summed E-state index contributed by atoms with van der Waals surface area (Å²) >= 11 is 0. The van der Waals surface area contributed by atoms with E-state index in [0.29, 0.717) is 0 Å². The van der Waals surface area contributed by atoms with Crippen LogP contribution in [0.2, 0.25) is 0 Å². The summed E-state index contributed by atoms with van der Waals surface area (Å²) < 4.78 is 0. The van der Waals surface area contributed by atoms with Crippen molar-refractivity contribution >= 4 is 11.5 Å². The Morgan fingerprint density at radius 1 is 1.41 bits per heavy atom. The number of rotatable bonds is 3. The molecule has 1 aromatic heterocycles. The standard InChI is InChI=1S/C14H23N3/c1-10-7-13(15)14(16-8-10)17-9-12-6-4-3-5-11(12)2/h7-8,11-12H,3-6,9,15H2,1-2H3,(H,16,17). The number of anilines is 2. The van der Waals surface area contributed by atoms with Crippen LogP contribution < -0.4 is 11.1 Å². The molecule has 2 unspecified atom stereocenters. The number of nitrogens with two attached hydrogens (primary N) is 1. The van der Waals surface area contributed by atoms with Crippen molar-refractivity contribution < 1.29 is 0 Å². The van der Waals surface area contributed by atoms with E-state index < -0.39 is 0 Å². The molecule has 2 rings (SSSR count).